The maximum Gasteiger partial charge on any atom is 0.444 e. The van der Waals surface area contributed by atoms with Gasteiger partial charge in [-0.1, -0.05) is 41.6 Å². The lowest BCUT2D eigenvalue weighted by atomic mass is 10.3. The van der Waals surface area contributed by atoms with Crippen molar-refractivity contribution in [3.8, 4) is 5.75 Å². The molecule has 7 heteroatoms. The van der Waals surface area contributed by atoms with E-state index in [9.17, 15) is 4.57 Å². The molecule has 0 aromatic heterocycles. The largest absolute Gasteiger partial charge is 0.444 e. The number of nitrogens with one attached hydrogen (secondary N) is 2. The van der Waals surface area contributed by atoms with Crippen LogP contribution < -0.4 is 14.7 Å². The summed E-state index contributed by atoms with van der Waals surface area (Å²) in [6.45, 7) is 0. The summed E-state index contributed by atoms with van der Waals surface area (Å²) < 4.78 is 18.5. The van der Waals surface area contributed by atoms with Crippen molar-refractivity contribution in [1.29, 1.82) is 0 Å². The van der Waals surface area contributed by atoms with Crippen LogP contribution in [-0.4, -0.2) is 0 Å². The van der Waals surface area contributed by atoms with Crippen molar-refractivity contribution < 1.29 is 9.09 Å². The van der Waals surface area contributed by atoms with Gasteiger partial charge in [-0.25, -0.2) is 4.57 Å². The molecule has 2 N–H and O–H groups in total. The Kier molecular flexibility index (Phi) is 4.38. The van der Waals surface area contributed by atoms with Crippen LogP contribution in [-0.2, 0) is 4.57 Å². The van der Waals surface area contributed by atoms with Gasteiger partial charge in [-0.15, -0.1) is 0 Å². The summed E-state index contributed by atoms with van der Waals surface area (Å²) in [4.78, 5) is 2.20. The molecule has 0 radical (unpaired) electrons. The van der Waals surface area contributed by atoms with E-state index in [1.54, 1.807) is 36.0 Å². The van der Waals surface area contributed by atoms with Gasteiger partial charge in [0.1, 0.15) is 5.75 Å². The van der Waals surface area contributed by atoms with Crippen molar-refractivity contribution in [2.24, 2.45) is 0 Å². The van der Waals surface area contributed by atoms with Crippen molar-refractivity contribution in [2.45, 2.75) is 9.79 Å². The van der Waals surface area contributed by atoms with E-state index >= 15 is 0 Å². The quantitative estimate of drug-likeness (QED) is 0.498. The van der Waals surface area contributed by atoms with Crippen LogP contribution in [0.5, 0.6) is 5.75 Å². The van der Waals surface area contributed by atoms with E-state index in [1.165, 1.54) is 0 Å². The maximum atomic E-state index is 12.9. The number of halogens is 1. The van der Waals surface area contributed by atoms with Crippen molar-refractivity contribution >= 4 is 42.4 Å². The molecule has 0 aliphatic carbocycles. The molecule has 126 valence electrons. The van der Waals surface area contributed by atoms with Gasteiger partial charge < -0.3 is 4.52 Å². The molecule has 1 heterocycles. The molecular formula is C18H14ClN2O2PS. The molecule has 4 nitrogen and oxygen atoms in total. The number of fused-ring (bicyclic) bond motifs is 1. The SMILES string of the molecule is O=P1(Oc2ccc(Cl)cc2)Nc2ccc(Sc3ccccc3)cc2N1. The van der Waals surface area contributed by atoms with E-state index < -0.39 is 7.67 Å². The molecule has 0 saturated carbocycles. The van der Waals surface area contributed by atoms with E-state index in [4.69, 9.17) is 16.1 Å². The summed E-state index contributed by atoms with van der Waals surface area (Å²) in [6.07, 6.45) is 0. The Hall–Kier alpha value is -2.07. The highest BCUT2D eigenvalue weighted by Crippen LogP contribution is 2.55. The lowest BCUT2D eigenvalue weighted by Crippen LogP contribution is -2.03. The van der Waals surface area contributed by atoms with Crippen LogP contribution in [0.25, 0.3) is 0 Å². The van der Waals surface area contributed by atoms with Crippen LogP contribution in [0.1, 0.15) is 0 Å². The summed E-state index contributed by atoms with van der Waals surface area (Å²) in [5.74, 6) is 0.486. The average Bonchev–Trinajstić information content (AvgIpc) is 2.93. The van der Waals surface area contributed by atoms with Crippen LogP contribution in [0, 0.1) is 0 Å². The maximum absolute atomic E-state index is 12.9. The minimum Gasteiger partial charge on any atom is -0.414 e. The van der Waals surface area contributed by atoms with Gasteiger partial charge in [0.15, 0.2) is 0 Å². The van der Waals surface area contributed by atoms with Crippen LogP contribution in [0.4, 0.5) is 11.4 Å². The van der Waals surface area contributed by atoms with Crippen molar-refractivity contribution in [3.63, 3.8) is 0 Å². The van der Waals surface area contributed by atoms with Gasteiger partial charge in [0.05, 0.1) is 11.4 Å². The topological polar surface area (TPSA) is 50.4 Å². The highest BCUT2D eigenvalue weighted by atomic mass is 35.5. The molecule has 3 aromatic carbocycles. The fraction of sp³-hybridized carbons (Fsp3) is 0. The predicted molar refractivity (Wildman–Crippen MR) is 104 cm³/mol. The molecule has 0 saturated heterocycles. The number of rotatable bonds is 4. The zero-order chi connectivity index (χ0) is 17.3. The Morgan fingerprint density at radius 3 is 2.32 bits per heavy atom. The van der Waals surface area contributed by atoms with Crippen LogP contribution >= 0.6 is 31.0 Å². The fourth-order valence-electron chi connectivity index (χ4n) is 2.44. The smallest absolute Gasteiger partial charge is 0.414 e. The second kappa shape index (κ2) is 6.68. The van der Waals surface area contributed by atoms with Gasteiger partial charge in [0.2, 0.25) is 0 Å². The standard InChI is InChI=1S/C18H14ClN2O2PS/c19-13-6-8-14(9-7-13)23-24(22)20-17-11-10-16(12-18(17)21-24)25-15-4-2-1-3-5-15/h1-12H,(H2,20,21,22). The molecule has 0 amide bonds. The molecule has 3 aromatic rings. The Balaban J connectivity index is 1.52. The molecular weight excluding hydrogens is 375 g/mol. The number of hydrogen-bond donors (Lipinski definition) is 2. The second-order valence-corrected chi connectivity index (χ2v) is 8.76. The third-order valence-electron chi connectivity index (χ3n) is 3.55. The third-order valence-corrected chi connectivity index (χ3v) is 6.34. The Morgan fingerprint density at radius 2 is 1.56 bits per heavy atom. The van der Waals surface area contributed by atoms with Gasteiger partial charge in [-0.3, -0.25) is 10.2 Å². The van der Waals surface area contributed by atoms with Crippen molar-refractivity contribution in [3.05, 3.63) is 77.8 Å². The second-order valence-electron chi connectivity index (χ2n) is 5.44. The third kappa shape index (κ3) is 3.79. The highest BCUT2D eigenvalue weighted by molar-refractivity contribution is 7.99. The summed E-state index contributed by atoms with van der Waals surface area (Å²) in [7, 11) is -3.24. The first-order valence-electron chi connectivity index (χ1n) is 7.58. The predicted octanol–water partition coefficient (Wildman–Crippen LogP) is 6.52. The molecule has 1 aliphatic heterocycles. The van der Waals surface area contributed by atoms with Gasteiger partial charge in [0, 0.05) is 14.8 Å². The molecule has 1 aliphatic rings. The van der Waals surface area contributed by atoms with E-state index in [1.807, 2.05) is 36.4 Å². The van der Waals surface area contributed by atoms with Gasteiger partial charge in [-0.05, 0) is 54.6 Å². The summed E-state index contributed by atoms with van der Waals surface area (Å²) >= 11 is 7.51. The molecule has 0 fully saturated rings. The lowest BCUT2D eigenvalue weighted by Gasteiger charge is -2.14. The van der Waals surface area contributed by atoms with Crippen LogP contribution in [0.3, 0.4) is 0 Å². The summed E-state index contributed by atoms with van der Waals surface area (Å²) in [5, 5.41) is 6.52. The molecule has 0 bridgehead atoms. The lowest BCUT2D eigenvalue weighted by molar-refractivity contribution is 0.494. The first-order chi connectivity index (χ1) is 12.1. The number of anilines is 2. The van der Waals surface area contributed by atoms with E-state index in [-0.39, 0.29) is 0 Å². The van der Waals surface area contributed by atoms with Crippen molar-refractivity contribution in [1.82, 2.24) is 0 Å². The van der Waals surface area contributed by atoms with E-state index in [2.05, 4.69) is 22.3 Å². The highest BCUT2D eigenvalue weighted by Gasteiger charge is 2.33. The first kappa shape index (κ1) is 16.4. The first-order valence-corrected chi connectivity index (χ1v) is 10.4. The minimum absolute atomic E-state index is 0.486. The Bertz CT molecular complexity index is 951. The van der Waals surface area contributed by atoms with E-state index in [0.29, 0.717) is 10.8 Å². The Labute approximate surface area is 155 Å². The molecule has 1 atom stereocenters. The molecule has 0 spiro atoms. The van der Waals surface area contributed by atoms with Crippen LogP contribution in [0.2, 0.25) is 5.02 Å². The van der Waals surface area contributed by atoms with Gasteiger partial charge in [0.25, 0.3) is 0 Å². The zero-order valence-electron chi connectivity index (χ0n) is 13.0. The van der Waals surface area contributed by atoms with Crippen LogP contribution in [0.15, 0.2) is 82.6 Å². The average molecular weight is 389 g/mol. The summed E-state index contributed by atoms with van der Waals surface area (Å²) in [6, 6.07) is 22.7. The Morgan fingerprint density at radius 1 is 0.840 bits per heavy atom. The van der Waals surface area contributed by atoms with Gasteiger partial charge in [-0.2, -0.15) is 0 Å². The number of hydrogen-bond acceptors (Lipinski definition) is 3. The molecule has 1 unspecified atom stereocenters. The zero-order valence-corrected chi connectivity index (χ0v) is 15.4. The fourth-order valence-corrected chi connectivity index (χ4v) is 5.02. The molecule has 4 rings (SSSR count). The molecule has 25 heavy (non-hydrogen) atoms. The van der Waals surface area contributed by atoms with Crippen molar-refractivity contribution in [2.75, 3.05) is 10.2 Å². The van der Waals surface area contributed by atoms with E-state index in [0.717, 1.165) is 21.2 Å². The minimum atomic E-state index is -3.24. The van der Waals surface area contributed by atoms with Gasteiger partial charge >= 0.3 is 7.67 Å². The number of benzene rings is 3. The monoisotopic (exact) mass is 388 g/mol. The normalized spacial score (nSPS) is 18.1. The summed E-state index contributed by atoms with van der Waals surface area (Å²) in [5.41, 5.74) is 1.52.